The van der Waals surface area contributed by atoms with Crippen molar-refractivity contribution in [2.45, 2.75) is 58.5 Å². The van der Waals surface area contributed by atoms with Crippen LogP contribution in [0.15, 0.2) is 24.3 Å². The molecular formula is C19H27FN2O2. The lowest BCUT2D eigenvalue weighted by Crippen LogP contribution is -2.43. The molecule has 3 atom stereocenters. The second-order valence-corrected chi connectivity index (χ2v) is 6.84. The fourth-order valence-corrected chi connectivity index (χ4v) is 3.18. The highest BCUT2D eigenvalue weighted by atomic mass is 19.1. The van der Waals surface area contributed by atoms with Crippen LogP contribution in [-0.4, -0.2) is 17.9 Å². The van der Waals surface area contributed by atoms with E-state index in [2.05, 4.69) is 24.5 Å². The monoisotopic (exact) mass is 334 g/mol. The third-order valence-electron chi connectivity index (χ3n) is 5.04. The molecule has 1 aliphatic rings. The Morgan fingerprint density at radius 1 is 1.08 bits per heavy atom. The van der Waals surface area contributed by atoms with E-state index in [4.69, 9.17) is 0 Å². The molecule has 1 saturated carbocycles. The molecule has 2 N–H and O–H groups in total. The lowest BCUT2D eigenvalue weighted by atomic mass is 9.78. The summed E-state index contributed by atoms with van der Waals surface area (Å²) in [5.74, 6) is 0.587. The van der Waals surface area contributed by atoms with Crippen molar-refractivity contribution in [2.75, 3.05) is 0 Å². The Labute approximate surface area is 143 Å². The zero-order valence-corrected chi connectivity index (χ0v) is 14.5. The second-order valence-electron chi connectivity index (χ2n) is 6.84. The minimum atomic E-state index is -0.298. The molecule has 1 aliphatic carbocycles. The number of hydrogen-bond acceptors (Lipinski definition) is 2. The summed E-state index contributed by atoms with van der Waals surface area (Å²) in [6.45, 7) is 4.76. The van der Waals surface area contributed by atoms with Gasteiger partial charge in [0.25, 0.3) is 0 Å². The van der Waals surface area contributed by atoms with E-state index in [1.54, 1.807) is 12.1 Å². The topological polar surface area (TPSA) is 58.2 Å². The molecular weight excluding hydrogens is 307 g/mol. The molecule has 4 nitrogen and oxygen atoms in total. The molecule has 0 bridgehead atoms. The molecule has 0 heterocycles. The fourth-order valence-electron chi connectivity index (χ4n) is 3.18. The molecule has 0 aliphatic heterocycles. The number of hydrogen-bond donors (Lipinski definition) is 2. The van der Waals surface area contributed by atoms with Crippen LogP contribution in [0.5, 0.6) is 0 Å². The summed E-state index contributed by atoms with van der Waals surface area (Å²) in [7, 11) is 0. The van der Waals surface area contributed by atoms with E-state index >= 15 is 0 Å². The van der Waals surface area contributed by atoms with Gasteiger partial charge in [0.05, 0.1) is 0 Å². The summed E-state index contributed by atoms with van der Waals surface area (Å²) in [5.41, 5.74) is 0.833. The van der Waals surface area contributed by atoms with Gasteiger partial charge in [-0.25, -0.2) is 4.39 Å². The first-order valence-electron chi connectivity index (χ1n) is 8.76. The van der Waals surface area contributed by atoms with Crippen LogP contribution in [0.25, 0.3) is 0 Å². The van der Waals surface area contributed by atoms with Gasteiger partial charge >= 0.3 is 0 Å². The normalized spacial score (nSPS) is 23.5. The van der Waals surface area contributed by atoms with Crippen LogP contribution >= 0.6 is 0 Å². The number of halogens is 1. The van der Waals surface area contributed by atoms with Crippen LogP contribution in [0.4, 0.5) is 4.39 Å². The second kappa shape index (κ2) is 8.81. The van der Waals surface area contributed by atoms with Gasteiger partial charge < -0.3 is 10.6 Å². The minimum Gasteiger partial charge on any atom is -0.353 e. The highest BCUT2D eigenvalue weighted by Gasteiger charge is 2.28. The zero-order chi connectivity index (χ0) is 17.5. The van der Waals surface area contributed by atoms with Gasteiger partial charge in [-0.1, -0.05) is 38.8 Å². The number of rotatable bonds is 6. The van der Waals surface area contributed by atoms with Crippen LogP contribution in [0.2, 0.25) is 0 Å². The number of benzene rings is 1. The lowest BCUT2D eigenvalue weighted by Gasteiger charge is -2.34. The Morgan fingerprint density at radius 3 is 2.46 bits per heavy atom. The van der Waals surface area contributed by atoms with Crippen molar-refractivity contribution in [3.63, 3.8) is 0 Å². The first kappa shape index (κ1) is 18.4. The minimum absolute atomic E-state index is 0.0575. The molecule has 132 valence electrons. The number of carbonyl (C=O) groups excluding carboxylic acids is 2. The van der Waals surface area contributed by atoms with Crippen molar-refractivity contribution >= 4 is 11.8 Å². The predicted molar refractivity (Wildman–Crippen MR) is 91.6 cm³/mol. The van der Waals surface area contributed by atoms with Crippen molar-refractivity contribution in [1.29, 1.82) is 0 Å². The smallest absolute Gasteiger partial charge is 0.220 e. The third kappa shape index (κ3) is 5.62. The highest BCUT2D eigenvalue weighted by molar-refractivity contribution is 5.83. The standard InChI is InChI=1S/C19H27FN2O2/c1-13-4-3-5-17(14(13)2)22-19(24)11-10-18(23)21-12-15-6-8-16(20)9-7-15/h6-9,13-14,17H,3-5,10-12H2,1-2H3,(H,21,23)(H,22,24)/t13-,14+,17+/m1/s1. The van der Waals surface area contributed by atoms with Crippen molar-refractivity contribution in [2.24, 2.45) is 11.8 Å². The van der Waals surface area contributed by atoms with E-state index in [-0.39, 0.29) is 36.5 Å². The Balaban J connectivity index is 1.67. The van der Waals surface area contributed by atoms with Gasteiger partial charge in [-0.05, 0) is 36.0 Å². The molecule has 2 rings (SSSR count). The SMILES string of the molecule is C[C@H]1[C@H](C)CCC[C@@H]1NC(=O)CCC(=O)NCc1ccc(F)cc1. The van der Waals surface area contributed by atoms with Crippen LogP contribution in [0.3, 0.4) is 0 Å². The summed E-state index contributed by atoms with van der Waals surface area (Å²) in [6, 6.07) is 6.22. The summed E-state index contributed by atoms with van der Waals surface area (Å²) < 4.78 is 12.8. The summed E-state index contributed by atoms with van der Waals surface area (Å²) >= 11 is 0. The maximum atomic E-state index is 12.8. The summed E-state index contributed by atoms with van der Waals surface area (Å²) in [6.07, 6.45) is 3.76. The first-order chi connectivity index (χ1) is 11.5. The van der Waals surface area contributed by atoms with E-state index in [9.17, 15) is 14.0 Å². The van der Waals surface area contributed by atoms with E-state index in [0.717, 1.165) is 18.4 Å². The van der Waals surface area contributed by atoms with Gasteiger partial charge in [0.2, 0.25) is 11.8 Å². The Bertz CT molecular complexity index is 559. The molecule has 0 spiro atoms. The molecule has 2 amide bonds. The molecule has 0 saturated heterocycles. The van der Waals surface area contributed by atoms with Crippen LogP contribution < -0.4 is 10.6 Å². The van der Waals surface area contributed by atoms with Gasteiger partial charge in [-0.3, -0.25) is 9.59 Å². The van der Waals surface area contributed by atoms with Gasteiger partial charge in [-0.15, -0.1) is 0 Å². The third-order valence-corrected chi connectivity index (χ3v) is 5.04. The largest absolute Gasteiger partial charge is 0.353 e. The molecule has 0 unspecified atom stereocenters. The average Bonchev–Trinajstić information content (AvgIpc) is 2.56. The van der Waals surface area contributed by atoms with Gasteiger partial charge in [0.15, 0.2) is 0 Å². The predicted octanol–water partition coefficient (Wildman–Crippen LogP) is 3.16. The first-order valence-corrected chi connectivity index (χ1v) is 8.76. The van der Waals surface area contributed by atoms with Crippen LogP contribution in [0.1, 0.15) is 51.5 Å². The van der Waals surface area contributed by atoms with Gasteiger partial charge in [0, 0.05) is 25.4 Å². The number of carbonyl (C=O) groups is 2. The van der Waals surface area contributed by atoms with E-state index < -0.39 is 0 Å². The molecule has 1 aromatic carbocycles. The van der Waals surface area contributed by atoms with Crippen molar-refractivity contribution < 1.29 is 14.0 Å². The Morgan fingerprint density at radius 2 is 1.75 bits per heavy atom. The van der Waals surface area contributed by atoms with E-state index in [1.165, 1.54) is 18.6 Å². The van der Waals surface area contributed by atoms with E-state index in [0.29, 0.717) is 18.4 Å². The number of nitrogens with one attached hydrogen (secondary N) is 2. The van der Waals surface area contributed by atoms with Crippen LogP contribution in [-0.2, 0) is 16.1 Å². The molecule has 0 aromatic heterocycles. The van der Waals surface area contributed by atoms with Gasteiger partial charge in [0.1, 0.15) is 5.82 Å². The van der Waals surface area contributed by atoms with Gasteiger partial charge in [-0.2, -0.15) is 0 Å². The number of amides is 2. The molecule has 1 fully saturated rings. The maximum absolute atomic E-state index is 12.8. The van der Waals surface area contributed by atoms with Crippen LogP contribution in [0, 0.1) is 17.7 Å². The molecule has 1 aromatic rings. The highest BCUT2D eigenvalue weighted by Crippen LogP contribution is 2.29. The summed E-state index contributed by atoms with van der Waals surface area (Å²) in [5, 5.41) is 5.83. The fraction of sp³-hybridized carbons (Fsp3) is 0.579. The Kier molecular flexibility index (Phi) is 6.76. The zero-order valence-electron chi connectivity index (χ0n) is 14.5. The summed E-state index contributed by atoms with van der Waals surface area (Å²) in [4.78, 5) is 23.9. The van der Waals surface area contributed by atoms with Crippen molar-refractivity contribution in [1.82, 2.24) is 10.6 Å². The van der Waals surface area contributed by atoms with Crippen molar-refractivity contribution in [3.8, 4) is 0 Å². The quantitative estimate of drug-likeness (QED) is 0.839. The Hall–Kier alpha value is -1.91. The molecule has 0 radical (unpaired) electrons. The lowest BCUT2D eigenvalue weighted by molar-refractivity contribution is -0.127. The maximum Gasteiger partial charge on any atom is 0.220 e. The van der Waals surface area contributed by atoms with Crippen molar-refractivity contribution in [3.05, 3.63) is 35.6 Å². The molecule has 24 heavy (non-hydrogen) atoms. The average molecular weight is 334 g/mol. The molecule has 5 heteroatoms. The van der Waals surface area contributed by atoms with E-state index in [1.807, 2.05) is 0 Å².